The molecule has 17 heavy (non-hydrogen) atoms. The van der Waals surface area contributed by atoms with Crippen LogP contribution in [0.2, 0.25) is 39.3 Å². The van der Waals surface area contributed by atoms with Crippen molar-refractivity contribution in [1.82, 2.24) is 0 Å². The molecule has 0 unspecified atom stereocenters. The highest BCUT2D eigenvalue weighted by atomic mass is 28.4. The Morgan fingerprint density at radius 3 is 1.53 bits per heavy atom. The molecule has 6 heteroatoms. The van der Waals surface area contributed by atoms with Crippen molar-refractivity contribution in [3.05, 3.63) is 0 Å². The number of ether oxygens (including phenoxy) is 1. The third-order valence-electron chi connectivity index (χ3n) is 1.74. The van der Waals surface area contributed by atoms with Crippen LogP contribution in [0.15, 0.2) is 0 Å². The van der Waals surface area contributed by atoms with E-state index in [1.165, 1.54) is 6.92 Å². The lowest BCUT2D eigenvalue weighted by atomic mass is 10.4. The summed E-state index contributed by atoms with van der Waals surface area (Å²) >= 11 is 0. The van der Waals surface area contributed by atoms with Gasteiger partial charge in [-0.3, -0.25) is 4.79 Å². The highest BCUT2D eigenvalue weighted by Gasteiger charge is 2.22. The summed E-state index contributed by atoms with van der Waals surface area (Å²) in [5.41, 5.74) is 0. The zero-order chi connectivity index (χ0) is 13.7. The fraction of sp³-hybridized carbons (Fsp3) is 0.909. The minimum Gasteiger partial charge on any atom is -0.458 e. The lowest BCUT2D eigenvalue weighted by Gasteiger charge is -2.26. The van der Waals surface area contributed by atoms with Gasteiger partial charge in [0.15, 0.2) is 16.6 Å². The topological polar surface area (TPSA) is 44.8 Å². The van der Waals surface area contributed by atoms with Gasteiger partial charge in [0.25, 0.3) is 0 Å². The first-order chi connectivity index (χ1) is 7.49. The van der Waals surface area contributed by atoms with Crippen molar-refractivity contribution in [2.75, 3.05) is 13.2 Å². The molecular formula is C11H26O4Si2. The molecule has 0 aliphatic carbocycles. The average Bonchev–Trinajstić information content (AvgIpc) is 2.06. The predicted molar refractivity (Wildman–Crippen MR) is 74.2 cm³/mol. The van der Waals surface area contributed by atoms with E-state index in [9.17, 15) is 4.79 Å². The summed E-state index contributed by atoms with van der Waals surface area (Å²) in [7, 11) is -3.16. The first-order valence-corrected chi connectivity index (χ1v) is 12.8. The Kier molecular flexibility index (Phi) is 6.61. The molecule has 0 bridgehead atoms. The van der Waals surface area contributed by atoms with Gasteiger partial charge in [-0.25, -0.2) is 0 Å². The molecule has 0 atom stereocenters. The van der Waals surface area contributed by atoms with Crippen molar-refractivity contribution in [1.29, 1.82) is 0 Å². The molecule has 0 aromatic heterocycles. The van der Waals surface area contributed by atoms with E-state index in [1.807, 2.05) is 0 Å². The highest BCUT2D eigenvalue weighted by Crippen LogP contribution is 2.09. The Hall–Kier alpha value is -0.176. The molecule has 0 amide bonds. The van der Waals surface area contributed by atoms with Gasteiger partial charge in [0.2, 0.25) is 0 Å². The molecule has 0 aliphatic rings. The first-order valence-electron chi connectivity index (χ1n) is 5.95. The van der Waals surface area contributed by atoms with Gasteiger partial charge < -0.3 is 13.6 Å². The number of esters is 1. The maximum absolute atomic E-state index is 11.0. The standard InChI is InChI=1S/C11H26O4Si2/c1-10(12)15-11(8-13-16(2,3)4)9-14-17(5,6)7/h11H,8-9H2,1-7H3. The summed E-state index contributed by atoms with van der Waals surface area (Å²) in [6.45, 7) is 14.9. The summed E-state index contributed by atoms with van der Waals surface area (Å²) in [6.07, 6.45) is -0.286. The van der Waals surface area contributed by atoms with Crippen LogP contribution in [-0.4, -0.2) is 41.9 Å². The van der Waals surface area contributed by atoms with E-state index in [1.54, 1.807) is 0 Å². The minimum atomic E-state index is -1.58. The number of carbonyl (C=O) groups is 1. The monoisotopic (exact) mass is 278 g/mol. The maximum atomic E-state index is 11.0. The van der Waals surface area contributed by atoms with Crippen molar-refractivity contribution in [3.8, 4) is 0 Å². The Bertz CT molecular complexity index is 225. The summed E-state index contributed by atoms with van der Waals surface area (Å²) in [6, 6.07) is 0. The molecule has 0 radical (unpaired) electrons. The van der Waals surface area contributed by atoms with E-state index in [0.717, 1.165) is 0 Å². The van der Waals surface area contributed by atoms with E-state index in [-0.39, 0.29) is 12.1 Å². The zero-order valence-electron chi connectivity index (χ0n) is 12.1. The first kappa shape index (κ1) is 16.8. The van der Waals surface area contributed by atoms with Gasteiger partial charge in [0, 0.05) is 6.92 Å². The molecule has 0 heterocycles. The van der Waals surface area contributed by atoms with Gasteiger partial charge in [0.05, 0.1) is 13.2 Å². The Labute approximate surface area is 107 Å². The van der Waals surface area contributed by atoms with Crippen LogP contribution < -0.4 is 0 Å². The van der Waals surface area contributed by atoms with Gasteiger partial charge in [-0.05, 0) is 39.3 Å². The largest absolute Gasteiger partial charge is 0.458 e. The van der Waals surface area contributed by atoms with E-state index >= 15 is 0 Å². The fourth-order valence-corrected chi connectivity index (χ4v) is 2.41. The average molecular weight is 278 g/mol. The molecule has 102 valence electrons. The molecule has 0 saturated heterocycles. The van der Waals surface area contributed by atoms with E-state index in [4.69, 9.17) is 13.6 Å². The highest BCUT2D eigenvalue weighted by molar-refractivity contribution is 6.70. The summed E-state index contributed by atoms with van der Waals surface area (Å²) in [5.74, 6) is -0.284. The zero-order valence-corrected chi connectivity index (χ0v) is 14.1. The minimum absolute atomic E-state index is 0.284. The normalized spacial score (nSPS) is 12.9. The van der Waals surface area contributed by atoms with Crippen LogP contribution >= 0.6 is 0 Å². The Balaban J connectivity index is 4.19. The van der Waals surface area contributed by atoms with Crippen LogP contribution in [0.25, 0.3) is 0 Å². The molecule has 0 N–H and O–H groups in total. The van der Waals surface area contributed by atoms with Crippen LogP contribution in [0, 0.1) is 0 Å². The maximum Gasteiger partial charge on any atom is 0.303 e. The number of rotatable bonds is 7. The Morgan fingerprint density at radius 1 is 0.941 bits per heavy atom. The van der Waals surface area contributed by atoms with Gasteiger partial charge in [-0.1, -0.05) is 0 Å². The lowest BCUT2D eigenvalue weighted by Crippen LogP contribution is -2.38. The van der Waals surface area contributed by atoms with Crippen LogP contribution in [0.4, 0.5) is 0 Å². The van der Waals surface area contributed by atoms with Crippen molar-refractivity contribution < 1.29 is 18.4 Å². The molecule has 0 aromatic rings. The van der Waals surface area contributed by atoms with Gasteiger partial charge in [0.1, 0.15) is 6.10 Å². The van der Waals surface area contributed by atoms with Gasteiger partial charge in [-0.2, -0.15) is 0 Å². The second-order valence-electron chi connectivity index (χ2n) is 6.08. The third kappa shape index (κ3) is 12.1. The smallest absolute Gasteiger partial charge is 0.303 e. The molecule has 0 spiro atoms. The Morgan fingerprint density at radius 2 is 1.29 bits per heavy atom. The van der Waals surface area contributed by atoms with Crippen LogP contribution in [-0.2, 0) is 18.4 Å². The quantitative estimate of drug-likeness (QED) is 0.530. The molecule has 0 rings (SSSR count). The van der Waals surface area contributed by atoms with Crippen molar-refractivity contribution in [2.24, 2.45) is 0 Å². The van der Waals surface area contributed by atoms with Crippen molar-refractivity contribution >= 4 is 22.6 Å². The van der Waals surface area contributed by atoms with Crippen molar-refractivity contribution in [2.45, 2.75) is 52.3 Å². The van der Waals surface area contributed by atoms with E-state index in [2.05, 4.69) is 39.3 Å². The molecule has 0 fully saturated rings. The molecule has 0 aromatic carbocycles. The summed E-state index contributed by atoms with van der Waals surface area (Å²) < 4.78 is 16.7. The number of hydrogen-bond acceptors (Lipinski definition) is 4. The van der Waals surface area contributed by atoms with Crippen LogP contribution in [0.1, 0.15) is 6.92 Å². The third-order valence-corrected chi connectivity index (χ3v) is 3.80. The molecule has 0 aliphatic heterocycles. The fourth-order valence-electron chi connectivity index (χ4n) is 1.04. The molecular weight excluding hydrogens is 252 g/mol. The lowest BCUT2D eigenvalue weighted by molar-refractivity contribution is -0.149. The van der Waals surface area contributed by atoms with Crippen LogP contribution in [0.3, 0.4) is 0 Å². The van der Waals surface area contributed by atoms with E-state index < -0.39 is 16.6 Å². The van der Waals surface area contributed by atoms with Gasteiger partial charge >= 0.3 is 5.97 Å². The predicted octanol–water partition coefficient (Wildman–Crippen LogP) is 2.62. The van der Waals surface area contributed by atoms with Crippen LogP contribution in [0.5, 0.6) is 0 Å². The van der Waals surface area contributed by atoms with Gasteiger partial charge in [-0.15, -0.1) is 0 Å². The molecule has 0 saturated carbocycles. The number of hydrogen-bond donors (Lipinski definition) is 0. The van der Waals surface area contributed by atoms with E-state index in [0.29, 0.717) is 13.2 Å². The second kappa shape index (κ2) is 6.68. The van der Waals surface area contributed by atoms with Crippen molar-refractivity contribution in [3.63, 3.8) is 0 Å². The summed E-state index contributed by atoms with van der Waals surface area (Å²) in [4.78, 5) is 11.0. The summed E-state index contributed by atoms with van der Waals surface area (Å²) in [5, 5.41) is 0. The second-order valence-corrected chi connectivity index (χ2v) is 15.1. The number of carbonyl (C=O) groups excluding carboxylic acids is 1. The SMILES string of the molecule is CC(=O)OC(CO[Si](C)(C)C)CO[Si](C)(C)C. The molecule has 4 nitrogen and oxygen atoms in total.